The number of aryl methyl sites for hydroxylation is 1. The fourth-order valence-corrected chi connectivity index (χ4v) is 2.83. The first kappa shape index (κ1) is 11.9. The number of anilines is 1. The van der Waals surface area contributed by atoms with E-state index in [4.69, 9.17) is 10.5 Å². The molecule has 1 aromatic heterocycles. The van der Waals surface area contributed by atoms with Crippen LogP contribution in [0.15, 0.2) is 0 Å². The van der Waals surface area contributed by atoms with Gasteiger partial charge in [-0.15, -0.1) is 0 Å². The molecule has 0 saturated carbocycles. The molecule has 100 valence electrons. The SMILES string of the molecule is NCCCc1nc2n(n1)C(C1CCOC1)CCN2. The van der Waals surface area contributed by atoms with Crippen molar-refractivity contribution in [2.24, 2.45) is 11.7 Å². The Kier molecular flexibility index (Phi) is 3.47. The number of nitrogens with two attached hydrogens (primary N) is 1. The molecule has 3 N–H and O–H groups in total. The van der Waals surface area contributed by atoms with Crippen molar-refractivity contribution in [2.45, 2.75) is 31.7 Å². The maximum absolute atomic E-state index is 5.53. The fourth-order valence-electron chi connectivity index (χ4n) is 2.83. The van der Waals surface area contributed by atoms with E-state index >= 15 is 0 Å². The summed E-state index contributed by atoms with van der Waals surface area (Å²) >= 11 is 0. The van der Waals surface area contributed by atoms with E-state index in [1.165, 1.54) is 0 Å². The molecule has 0 bridgehead atoms. The molecule has 1 aromatic rings. The van der Waals surface area contributed by atoms with Gasteiger partial charge < -0.3 is 15.8 Å². The maximum Gasteiger partial charge on any atom is 0.221 e. The zero-order valence-corrected chi connectivity index (χ0v) is 10.6. The molecule has 3 rings (SSSR count). The van der Waals surface area contributed by atoms with Gasteiger partial charge in [0.1, 0.15) is 0 Å². The summed E-state index contributed by atoms with van der Waals surface area (Å²) in [5.74, 6) is 2.42. The minimum Gasteiger partial charge on any atom is -0.381 e. The molecule has 1 fully saturated rings. The quantitative estimate of drug-likeness (QED) is 0.817. The van der Waals surface area contributed by atoms with Crippen molar-refractivity contribution in [2.75, 3.05) is 31.6 Å². The summed E-state index contributed by atoms with van der Waals surface area (Å²) < 4.78 is 7.58. The number of nitrogens with zero attached hydrogens (tertiary/aromatic N) is 3. The third-order valence-corrected chi connectivity index (χ3v) is 3.83. The molecule has 2 aliphatic heterocycles. The molecule has 0 radical (unpaired) electrons. The van der Waals surface area contributed by atoms with Gasteiger partial charge in [-0.3, -0.25) is 0 Å². The molecule has 2 unspecified atom stereocenters. The Hall–Kier alpha value is -1.14. The van der Waals surface area contributed by atoms with E-state index in [0.717, 1.165) is 57.2 Å². The number of ether oxygens (including phenoxy) is 1. The minimum absolute atomic E-state index is 0.447. The highest BCUT2D eigenvalue weighted by Crippen LogP contribution is 2.33. The van der Waals surface area contributed by atoms with Crippen LogP contribution in [0.25, 0.3) is 0 Å². The van der Waals surface area contributed by atoms with E-state index in [1.807, 2.05) is 0 Å². The zero-order chi connectivity index (χ0) is 12.4. The Morgan fingerprint density at radius 1 is 1.44 bits per heavy atom. The Labute approximate surface area is 107 Å². The zero-order valence-electron chi connectivity index (χ0n) is 10.6. The lowest BCUT2D eigenvalue weighted by atomic mass is 9.95. The molecular weight excluding hydrogens is 230 g/mol. The van der Waals surface area contributed by atoms with E-state index in [1.54, 1.807) is 0 Å². The molecule has 0 spiro atoms. The van der Waals surface area contributed by atoms with Gasteiger partial charge in [-0.2, -0.15) is 10.1 Å². The van der Waals surface area contributed by atoms with Crippen molar-refractivity contribution in [3.8, 4) is 0 Å². The van der Waals surface area contributed by atoms with Crippen molar-refractivity contribution in [3.05, 3.63) is 5.82 Å². The molecule has 0 amide bonds. The fraction of sp³-hybridized carbons (Fsp3) is 0.833. The lowest BCUT2D eigenvalue weighted by Gasteiger charge is -2.28. The average molecular weight is 251 g/mol. The third-order valence-electron chi connectivity index (χ3n) is 3.83. The number of rotatable bonds is 4. The van der Waals surface area contributed by atoms with Crippen LogP contribution in [-0.4, -0.2) is 41.1 Å². The second kappa shape index (κ2) is 5.24. The van der Waals surface area contributed by atoms with Gasteiger partial charge in [-0.25, -0.2) is 4.68 Å². The number of fused-ring (bicyclic) bond motifs is 1. The van der Waals surface area contributed by atoms with Gasteiger partial charge in [0, 0.05) is 25.5 Å². The van der Waals surface area contributed by atoms with E-state index in [-0.39, 0.29) is 0 Å². The summed E-state index contributed by atoms with van der Waals surface area (Å²) in [5.41, 5.74) is 5.53. The van der Waals surface area contributed by atoms with Gasteiger partial charge in [0.15, 0.2) is 5.82 Å². The predicted octanol–water partition coefficient (Wildman–Crippen LogP) is 0.563. The molecule has 2 aliphatic rings. The van der Waals surface area contributed by atoms with Crippen LogP contribution in [0.4, 0.5) is 5.95 Å². The molecule has 3 heterocycles. The second-order valence-corrected chi connectivity index (χ2v) is 5.09. The number of aromatic nitrogens is 3. The van der Waals surface area contributed by atoms with Crippen LogP contribution in [0.5, 0.6) is 0 Å². The van der Waals surface area contributed by atoms with Gasteiger partial charge in [-0.05, 0) is 25.8 Å². The first-order valence-corrected chi connectivity index (χ1v) is 6.85. The summed E-state index contributed by atoms with van der Waals surface area (Å²) in [4.78, 5) is 4.55. The van der Waals surface area contributed by atoms with Crippen LogP contribution in [-0.2, 0) is 11.2 Å². The highest BCUT2D eigenvalue weighted by atomic mass is 16.5. The highest BCUT2D eigenvalue weighted by molar-refractivity contribution is 5.28. The standard InChI is InChI=1S/C12H21N5O/c13-5-1-2-11-15-12-14-6-3-10(17(12)16-11)9-4-7-18-8-9/h9-10H,1-8,13H2,(H,14,15,16). The van der Waals surface area contributed by atoms with Gasteiger partial charge in [-0.1, -0.05) is 0 Å². The van der Waals surface area contributed by atoms with Gasteiger partial charge in [0.2, 0.25) is 5.95 Å². The first-order valence-electron chi connectivity index (χ1n) is 6.85. The van der Waals surface area contributed by atoms with E-state index in [0.29, 0.717) is 18.5 Å². The van der Waals surface area contributed by atoms with Gasteiger partial charge >= 0.3 is 0 Å². The van der Waals surface area contributed by atoms with Crippen LogP contribution >= 0.6 is 0 Å². The molecule has 0 aliphatic carbocycles. The summed E-state index contributed by atoms with van der Waals surface area (Å²) in [6.45, 7) is 3.42. The Morgan fingerprint density at radius 3 is 3.17 bits per heavy atom. The summed E-state index contributed by atoms with van der Waals surface area (Å²) in [5, 5.41) is 7.98. The lowest BCUT2D eigenvalue weighted by molar-refractivity contribution is 0.167. The molecular formula is C12H21N5O. The highest BCUT2D eigenvalue weighted by Gasteiger charge is 2.32. The Morgan fingerprint density at radius 2 is 2.39 bits per heavy atom. The monoisotopic (exact) mass is 251 g/mol. The molecule has 0 aromatic carbocycles. The largest absolute Gasteiger partial charge is 0.381 e. The number of hydrogen-bond donors (Lipinski definition) is 2. The molecule has 6 nitrogen and oxygen atoms in total. The van der Waals surface area contributed by atoms with E-state index < -0.39 is 0 Å². The van der Waals surface area contributed by atoms with Crippen LogP contribution in [0.1, 0.15) is 31.1 Å². The Bertz CT molecular complexity index is 399. The summed E-state index contributed by atoms with van der Waals surface area (Å²) in [6.07, 6.45) is 4.07. The van der Waals surface area contributed by atoms with Crippen LogP contribution in [0.3, 0.4) is 0 Å². The smallest absolute Gasteiger partial charge is 0.221 e. The van der Waals surface area contributed by atoms with Crippen molar-refractivity contribution in [1.82, 2.24) is 14.8 Å². The van der Waals surface area contributed by atoms with Gasteiger partial charge in [0.05, 0.1) is 12.6 Å². The summed E-state index contributed by atoms with van der Waals surface area (Å²) in [6, 6.07) is 0.447. The minimum atomic E-state index is 0.447. The predicted molar refractivity (Wildman–Crippen MR) is 68.5 cm³/mol. The van der Waals surface area contributed by atoms with Crippen LogP contribution in [0.2, 0.25) is 0 Å². The van der Waals surface area contributed by atoms with E-state index in [9.17, 15) is 0 Å². The van der Waals surface area contributed by atoms with Crippen molar-refractivity contribution in [1.29, 1.82) is 0 Å². The lowest BCUT2D eigenvalue weighted by Crippen LogP contribution is -2.29. The summed E-state index contributed by atoms with van der Waals surface area (Å²) in [7, 11) is 0. The average Bonchev–Trinajstić information content (AvgIpc) is 3.04. The molecule has 1 saturated heterocycles. The number of hydrogen-bond acceptors (Lipinski definition) is 5. The van der Waals surface area contributed by atoms with Crippen LogP contribution in [0, 0.1) is 5.92 Å². The van der Waals surface area contributed by atoms with Gasteiger partial charge in [0.25, 0.3) is 0 Å². The molecule has 18 heavy (non-hydrogen) atoms. The van der Waals surface area contributed by atoms with Crippen molar-refractivity contribution < 1.29 is 4.74 Å². The van der Waals surface area contributed by atoms with Crippen molar-refractivity contribution >= 4 is 5.95 Å². The molecule has 6 heteroatoms. The maximum atomic E-state index is 5.53. The van der Waals surface area contributed by atoms with E-state index in [2.05, 4.69) is 20.1 Å². The van der Waals surface area contributed by atoms with Crippen LogP contribution < -0.4 is 11.1 Å². The molecule has 2 atom stereocenters. The Balaban J connectivity index is 1.78. The second-order valence-electron chi connectivity index (χ2n) is 5.09. The topological polar surface area (TPSA) is 78.0 Å². The third kappa shape index (κ3) is 2.22. The normalized spacial score (nSPS) is 26.9. The van der Waals surface area contributed by atoms with Crippen molar-refractivity contribution in [3.63, 3.8) is 0 Å². The number of nitrogens with one attached hydrogen (secondary N) is 1. The first-order chi connectivity index (χ1) is 8.88.